The molecule has 0 heterocycles. The summed E-state index contributed by atoms with van der Waals surface area (Å²) in [6, 6.07) is 5.18. The molecule has 0 saturated heterocycles. The number of ether oxygens (including phenoxy) is 1. The molecule has 0 aromatic heterocycles. The molecule has 0 aliphatic rings. The zero-order valence-corrected chi connectivity index (χ0v) is 11.5. The van der Waals surface area contributed by atoms with Crippen LogP contribution < -0.4 is 0 Å². The van der Waals surface area contributed by atoms with E-state index >= 15 is 0 Å². The predicted molar refractivity (Wildman–Crippen MR) is 72.1 cm³/mol. The molecular formula is C13H20N2O4. The second-order valence-corrected chi connectivity index (χ2v) is 4.68. The van der Waals surface area contributed by atoms with E-state index in [1.165, 1.54) is 7.11 Å². The number of aryl methyl sites for hydroxylation is 1. The molecule has 0 aliphatic heterocycles. The van der Waals surface area contributed by atoms with Crippen molar-refractivity contribution >= 4 is 5.69 Å². The van der Waals surface area contributed by atoms with E-state index in [4.69, 9.17) is 4.74 Å². The number of likely N-dealkylation sites (N-methyl/N-ethyl adjacent to an activating group) is 1. The number of aliphatic hydroxyl groups excluding tert-OH is 1. The Labute approximate surface area is 112 Å². The highest BCUT2D eigenvalue weighted by atomic mass is 16.6. The largest absolute Gasteiger partial charge is 0.389 e. The number of hydrogen-bond donors (Lipinski definition) is 1. The van der Waals surface area contributed by atoms with Gasteiger partial charge in [0, 0.05) is 31.8 Å². The van der Waals surface area contributed by atoms with Crippen LogP contribution in [0.3, 0.4) is 0 Å². The summed E-state index contributed by atoms with van der Waals surface area (Å²) in [6.45, 7) is 2.99. The first-order chi connectivity index (χ1) is 8.93. The maximum Gasteiger partial charge on any atom is 0.272 e. The summed E-state index contributed by atoms with van der Waals surface area (Å²) < 4.78 is 4.86. The van der Waals surface area contributed by atoms with Gasteiger partial charge >= 0.3 is 0 Å². The normalized spacial score (nSPS) is 12.7. The van der Waals surface area contributed by atoms with Crippen molar-refractivity contribution in [3.63, 3.8) is 0 Å². The van der Waals surface area contributed by atoms with Crippen molar-refractivity contribution < 1.29 is 14.8 Å². The van der Waals surface area contributed by atoms with Crippen molar-refractivity contribution in [1.29, 1.82) is 0 Å². The summed E-state index contributed by atoms with van der Waals surface area (Å²) in [4.78, 5) is 12.4. The Morgan fingerprint density at radius 1 is 1.53 bits per heavy atom. The molecule has 1 unspecified atom stereocenters. The molecule has 6 heteroatoms. The fourth-order valence-corrected chi connectivity index (χ4v) is 1.93. The fraction of sp³-hybridized carbons (Fsp3) is 0.538. The first kappa shape index (κ1) is 15.6. The van der Waals surface area contributed by atoms with Crippen LogP contribution in [0.25, 0.3) is 0 Å². The molecule has 1 aromatic carbocycles. The quantitative estimate of drug-likeness (QED) is 0.596. The van der Waals surface area contributed by atoms with Gasteiger partial charge in [0.25, 0.3) is 5.69 Å². The van der Waals surface area contributed by atoms with Crippen molar-refractivity contribution in [3.05, 3.63) is 39.4 Å². The van der Waals surface area contributed by atoms with Crippen LogP contribution in [0.2, 0.25) is 0 Å². The van der Waals surface area contributed by atoms with Crippen LogP contribution in [0.5, 0.6) is 0 Å². The van der Waals surface area contributed by atoms with Crippen molar-refractivity contribution in [2.45, 2.75) is 19.6 Å². The van der Waals surface area contributed by atoms with E-state index in [0.717, 1.165) is 5.56 Å². The third kappa shape index (κ3) is 4.94. The summed E-state index contributed by atoms with van der Waals surface area (Å²) in [7, 11) is 3.39. The number of hydrogen-bond acceptors (Lipinski definition) is 5. The van der Waals surface area contributed by atoms with E-state index in [1.54, 1.807) is 19.1 Å². The Morgan fingerprint density at radius 3 is 2.79 bits per heavy atom. The van der Waals surface area contributed by atoms with E-state index in [9.17, 15) is 15.2 Å². The minimum atomic E-state index is -0.560. The standard InChI is InChI=1S/C13H20N2O4/c1-10-4-5-11(6-13(10)15(17)18)7-14(2)8-12(16)9-19-3/h4-6,12,16H,7-9H2,1-3H3. The van der Waals surface area contributed by atoms with Crippen molar-refractivity contribution in [2.24, 2.45) is 0 Å². The summed E-state index contributed by atoms with van der Waals surface area (Å²) in [6.07, 6.45) is -0.560. The molecule has 0 bridgehead atoms. The Bertz CT molecular complexity index is 437. The lowest BCUT2D eigenvalue weighted by Gasteiger charge is -2.20. The number of nitro groups is 1. The molecule has 1 aromatic rings. The molecule has 0 fully saturated rings. The Balaban J connectivity index is 2.66. The van der Waals surface area contributed by atoms with Gasteiger partial charge in [-0.05, 0) is 19.5 Å². The third-order valence-electron chi connectivity index (χ3n) is 2.80. The van der Waals surface area contributed by atoms with Crippen molar-refractivity contribution in [2.75, 3.05) is 27.3 Å². The number of nitro benzene ring substituents is 1. The Kier molecular flexibility index (Phi) is 5.88. The van der Waals surface area contributed by atoms with Gasteiger partial charge in [-0.3, -0.25) is 15.0 Å². The molecule has 106 valence electrons. The molecule has 0 aliphatic carbocycles. The number of nitrogens with zero attached hydrogens (tertiary/aromatic N) is 2. The highest BCUT2D eigenvalue weighted by Crippen LogP contribution is 2.19. The van der Waals surface area contributed by atoms with E-state index < -0.39 is 6.10 Å². The molecule has 0 spiro atoms. The average Bonchev–Trinajstić information content (AvgIpc) is 2.31. The van der Waals surface area contributed by atoms with E-state index in [-0.39, 0.29) is 17.2 Å². The topological polar surface area (TPSA) is 75.8 Å². The highest BCUT2D eigenvalue weighted by Gasteiger charge is 2.13. The van der Waals surface area contributed by atoms with Gasteiger partial charge in [-0.15, -0.1) is 0 Å². The van der Waals surface area contributed by atoms with E-state index in [2.05, 4.69) is 0 Å². The molecule has 0 radical (unpaired) electrons. The molecule has 1 atom stereocenters. The van der Waals surface area contributed by atoms with Crippen molar-refractivity contribution in [3.8, 4) is 0 Å². The van der Waals surface area contributed by atoms with Gasteiger partial charge in [0.1, 0.15) is 0 Å². The summed E-state index contributed by atoms with van der Waals surface area (Å²) >= 11 is 0. The van der Waals surface area contributed by atoms with Gasteiger partial charge in [0.15, 0.2) is 0 Å². The van der Waals surface area contributed by atoms with Crippen LogP contribution >= 0.6 is 0 Å². The van der Waals surface area contributed by atoms with Crippen LogP contribution in [0.4, 0.5) is 5.69 Å². The Morgan fingerprint density at radius 2 is 2.21 bits per heavy atom. The summed E-state index contributed by atoms with van der Waals surface area (Å²) in [5.41, 5.74) is 1.63. The van der Waals surface area contributed by atoms with Gasteiger partial charge in [0.05, 0.1) is 17.6 Å². The minimum absolute atomic E-state index is 0.128. The second kappa shape index (κ2) is 7.18. The van der Waals surface area contributed by atoms with Crippen molar-refractivity contribution in [1.82, 2.24) is 4.90 Å². The van der Waals surface area contributed by atoms with Crippen LogP contribution in [-0.2, 0) is 11.3 Å². The molecule has 0 saturated carbocycles. The molecular weight excluding hydrogens is 248 g/mol. The zero-order valence-electron chi connectivity index (χ0n) is 11.5. The maximum atomic E-state index is 10.9. The fourth-order valence-electron chi connectivity index (χ4n) is 1.93. The smallest absolute Gasteiger partial charge is 0.272 e. The molecule has 6 nitrogen and oxygen atoms in total. The molecule has 1 N–H and O–H groups in total. The van der Waals surface area contributed by atoms with Gasteiger partial charge < -0.3 is 9.84 Å². The lowest BCUT2D eigenvalue weighted by atomic mass is 10.1. The van der Waals surface area contributed by atoms with Crippen LogP contribution in [-0.4, -0.2) is 48.3 Å². The second-order valence-electron chi connectivity index (χ2n) is 4.68. The van der Waals surface area contributed by atoms with Gasteiger partial charge in [-0.1, -0.05) is 12.1 Å². The lowest BCUT2D eigenvalue weighted by molar-refractivity contribution is -0.385. The number of aliphatic hydroxyl groups is 1. The third-order valence-corrected chi connectivity index (χ3v) is 2.80. The van der Waals surface area contributed by atoms with Crippen LogP contribution in [0.1, 0.15) is 11.1 Å². The number of methoxy groups -OCH3 is 1. The lowest BCUT2D eigenvalue weighted by Crippen LogP contribution is -2.31. The van der Waals surface area contributed by atoms with E-state index in [0.29, 0.717) is 18.7 Å². The van der Waals surface area contributed by atoms with E-state index in [1.807, 2.05) is 18.0 Å². The predicted octanol–water partition coefficient (Wildman–Crippen LogP) is 1.34. The summed E-state index contributed by atoms with van der Waals surface area (Å²) in [5.74, 6) is 0. The monoisotopic (exact) mass is 268 g/mol. The zero-order chi connectivity index (χ0) is 14.4. The van der Waals surface area contributed by atoms with Gasteiger partial charge in [-0.2, -0.15) is 0 Å². The highest BCUT2D eigenvalue weighted by molar-refractivity contribution is 5.42. The Hall–Kier alpha value is -1.50. The maximum absolute atomic E-state index is 10.9. The van der Waals surface area contributed by atoms with Crippen LogP contribution in [0, 0.1) is 17.0 Å². The summed E-state index contributed by atoms with van der Waals surface area (Å²) in [5, 5.41) is 20.5. The minimum Gasteiger partial charge on any atom is -0.389 e. The average molecular weight is 268 g/mol. The molecule has 1 rings (SSSR count). The number of benzene rings is 1. The van der Waals surface area contributed by atoms with Gasteiger partial charge in [0.2, 0.25) is 0 Å². The molecule has 19 heavy (non-hydrogen) atoms. The first-order valence-corrected chi connectivity index (χ1v) is 6.03. The van der Waals surface area contributed by atoms with Crippen LogP contribution in [0.15, 0.2) is 18.2 Å². The first-order valence-electron chi connectivity index (χ1n) is 6.03. The number of rotatable bonds is 7. The molecule has 0 amide bonds. The SMILES string of the molecule is COCC(O)CN(C)Cc1ccc(C)c([N+](=O)[O-])c1. The van der Waals surface area contributed by atoms with Gasteiger partial charge in [-0.25, -0.2) is 0 Å².